The maximum Gasteiger partial charge on any atom is 0.266 e. The average Bonchev–Trinajstić information content (AvgIpc) is 3.25. The van der Waals surface area contributed by atoms with Crippen molar-refractivity contribution in [3.05, 3.63) is 52.7 Å². The van der Waals surface area contributed by atoms with Crippen LogP contribution in [0.2, 0.25) is 0 Å². The zero-order chi connectivity index (χ0) is 16.2. The maximum atomic E-state index is 5.44. The molecular formula is C18H20N4OS. The predicted molar refractivity (Wildman–Crippen MR) is 96.2 cm³/mol. The summed E-state index contributed by atoms with van der Waals surface area (Å²) in [5.74, 6) is 1.29. The summed E-state index contributed by atoms with van der Waals surface area (Å²) < 4.78 is 5.44. The highest BCUT2D eigenvalue weighted by atomic mass is 32.1. The summed E-state index contributed by atoms with van der Waals surface area (Å²) in [4.78, 5) is 10.7. The van der Waals surface area contributed by atoms with E-state index in [1.165, 1.54) is 4.88 Å². The number of benzene rings is 1. The third-order valence-corrected chi connectivity index (χ3v) is 5.13. The molecule has 1 aliphatic heterocycles. The first kappa shape index (κ1) is 15.4. The highest BCUT2D eigenvalue weighted by Gasteiger charge is 2.20. The topological polar surface area (TPSA) is 45.4 Å². The molecule has 0 atom stereocenters. The largest absolute Gasteiger partial charge is 0.337 e. The van der Waals surface area contributed by atoms with E-state index in [9.17, 15) is 0 Å². The first-order valence-corrected chi connectivity index (χ1v) is 9.15. The summed E-state index contributed by atoms with van der Waals surface area (Å²) in [5.41, 5.74) is 0.963. The quantitative estimate of drug-likeness (QED) is 0.727. The average molecular weight is 340 g/mol. The number of anilines is 1. The fourth-order valence-corrected chi connectivity index (χ4v) is 3.74. The van der Waals surface area contributed by atoms with Crippen molar-refractivity contribution in [1.29, 1.82) is 0 Å². The standard InChI is InChI=1S/C18H20N4OS/c1-2-6-15(7-3-1)17-19-18(20-23-17)22-10-5-9-21(11-12-22)14-16-8-4-13-24-16/h1-4,6-8,13H,5,9-12,14H2. The van der Waals surface area contributed by atoms with Gasteiger partial charge in [-0.2, -0.15) is 4.98 Å². The van der Waals surface area contributed by atoms with Gasteiger partial charge >= 0.3 is 0 Å². The number of thiophene rings is 1. The molecule has 0 bridgehead atoms. The minimum Gasteiger partial charge on any atom is -0.337 e. The van der Waals surface area contributed by atoms with Gasteiger partial charge in [0.25, 0.3) is 11.8 Å². The molecule has 0 N–H and O–H groups in total. The number of rotatable bonds is 4. The van der Waals surface area contributed by atoms with Crippen molar-refractivity contribution in [2.75, 3.05) is 31.1 Å². The van der Waals surface area contributed by atoms with Crippen molar-refractivity contribution in [1.82, 2.24) is 15.0 Å². The van der Waals surface area contributed by atoms with Crippen molar-refractivity contribution in [3.8, 4) is 11.5 Å². The van der Waals surface area contributed by atoms with Crippen LogP contribution in [-0.2, 0) is 6.54 Å². The molecule has 3 heterocycles. The molecule has 4 rings (SSSR count). The minimum absolute atomic E-state index is 0.588. The molecule has 124 valence electrons. The van der Waals surface area contributed by atoms with Crippen molar-refractivity contribution < 1.29 is 4.52 Å². The van der Waals surface area contributed by atoms with Crippen molar-refractivity contribution in [2.45, 2.75) is 13.0 Å². The van der Waals surface area contributed by atoms with E-state index in [0.717, 1.165) is 44.7 Å². The van der Waals surface area contributed by atoms with Gasteiger partial charge in [-0.15, -0.1) is 11.3 Å². The van der Waals surface area contributed by atoms with E-state index >= 15 is 0 Å². The lowest BCUT2D eigenvalue weighted by Crippen LogP contribution is -2.30. The number of hydrogen-bond acceptors (Lipinski definition) is 6. The van der Waals surface area contributed by atoms with Gasteiger partial charge in [0.2, 0.25) is 0 Å². The summed E-state index contributed by atoms with van der Waals surface area (Å²) >= 11 is 1.83. The molecule has 5 nitrogen and oxygen atoms in total. The molecule has 2 aromatic heterocycles. The zero-order valence-electron chi connectivity index (χ0n) is 13.5. The van der Waals surface area contributed by atoms with Crippen LogP contribution in [0.25, 0.3) is 11.5 Å². The van der Waals surface area contributed by atoms with Gasteiger partial charge < -0.3 is 9.42 Å². The van der Waals surface area contributed by atoms with Crippen LogP contribution < -0.4 is 4.90 Å². The Hall–Kier alpha value is -2.18. The zero-order valence-corrected chi connectivity index (χ0v) is 14.3. The number of aromatic nitrogens is 2. The number of hydrogen-bond donors (Lipinski definition) is 0. The number of nitrogens with zero attached hydrogens (tertiary/aromatic N) is 4. The Balaban J connectivity index is 1.41. The van der Waals surface area contributed by atoms with Crippen LogP contribution in [-0.4, -0.2) is 41.2 Å². The van der Waals surface area contributed by atoms with E-state index in [2.05, 4.69) is 37.5 Å². The molecule has 0 radical (unpaired) electrons. The minimum atomic E-state index is 0.588. The molecule has 0 aliphatic carbocycles. The van der Waals surface area contributed by atoms with Crippen LogP contribution in [0, 0.1) is 0 Å². The lowest BCUT2D eigenvalue weighted by atomic mass is 10.2. The first-order chi connectivity index (χ1) is 11.9. The molecule has 1 fully saturated rings. The highest BCUT2D eigenvalue weighted by Crippen LogP contribution is 2.21. The van der Waals surface area contributed by atoms with E-state index in [4.69, 9.17) is 4.52 Å². The second kappa shape index (κ2) is 7.15. The van der Waals surface area contributed by atoms with Crippen molar-refractivity contribution in [3.63, 3.8) is 0 Å². The third kappa shape index (κ3) is 3.49. The molecule has 6 heteroatoms. The Morgan fingerprint density at radius 2 is 1.92 bits per heavy atom. The van der Waals surface area contributed by atoms with Crippen LogP contribution in [0.5, 0.6) is 0 Å². The Morgan fingerprint density at radius 3 is 2.75 bits per heavy atom. The Morgan fingerprint density at radius 1 is 1.00 bits per heavy atom. The molecule has 1 saturated heterocycles. The first-order valence-electron chi connectivity index (χ1n) is 8.27. The van der Waals surface area contributed by atoms with Crippen LogP contribution in [0.3, 0.4) is 0 Å². The monoisotopic (exact) mass is 340 g/mol. The van der Waals surface area contributed by atoms with Crippen LogP contribution in [0.4, 0.5) is 5.95 Å². The van der Waals surface area contributed by atoms with Gasteiger partial charge in [-0.1, -0.05) is 24.3 Å². The Kier molecular flexibility index (Phi) is 4.57. The molecular weight excluding hydrogens is 320 g/mol. The van der Waals surface area contributed by atoms with Crippen LogP contribution in [0.15, 0.2) is 52.4 Å². The summed E-state index contributed by atoms with van der Waals surface area (Å²) in [5, 5.41) is 6.32. The molecule has 1 aliphatic rings. The fraction of sp³-hybridized carbons (Fsp3) is 0.333. The van der Waals surface area contributed by atoms with Crippen LogP contribution >= 0.6 is 11.3 Å². The Bertz CT molecular complexity index is 756. The summed E-state index contributed by atoms with van der Waals surface area (Å²) in [7, 11) is 0. The predicted octanol–water partition coefficient (Wildman–Crippen LogP) is 3.51. The molecule has 0 amide bonds. The molecule has 3 aromatic rings. The lowest BCUT2D eigenvalue weighted by Gasteiger charge is -2.20. The second-order valence-electron chi connectivity index (χ2n) is 5.96. The normalized spacial score (nSPS) is 16.2. The third-order valence-electron chi connectivity index (χ3n) is 4.27. The van der Waals surface area contributed by atoms with Crippen LogP contribution in [0.1, 0.15) is 11.3 Å². The lowest BCUT2D eigenvalue weighted by molar-refractivity contribution is 0.288. The molecule has 24 heavy (non-hydrogen) atoms. The summed E-state index contributed by atoms with van der Waals surface area (Å²) in [6.45, 7) is 5.06. The molecule has 0 spiro atoms. The summed E-state index contributed by atoms with van der Waals surface area (Å²) in [6.07, 6.45) is 1.11. The van der Waals surface area contributed by atoms with E-state index in [-0.39, 0.29) is 0 Å². The molecule has 0 unspecified atom stereocenters. The van der Waals surface area contributed by atoms with Crippen molar-refractivity contribution in [2.24, 2.45) is 0 Å². The van der Waals surface area contributed by atoms with E-state index in [0.29, 0.717) is 11.8 Å². The summed E-state index contributed by atoms with van der Waals surface area (Å²) in [6, 6.07) is 14.2. The van der Waals surface area contributed by atoms with E-state index in [1.54, 1.807) is 0 Å². The second-order valence-corrected chi connectivity index (χ2v) is 6.99. The molecule has 1 aromatic carbocycles. The fourth-order valence-electron chi connectivity index (χ4n) is 2.99. The van der Waals surface area contributed by atoms with Crippen molar-refractivity contribution >= 4 is 17.3 Å². The Labute approximate surface area is 145 Å². The van der Waals surface area contributed by atoms with Gasteiger partial charge in [0.05, 0.1) is 0 Å². The van der Waals surface area contributed by atoms with Gasteiger partial charge in [0.15, 0.2) is 0 Å². The smallest absolute Gasteiger partial charge is 0.266 e. The molecule has 0 saturated carbocycles. The van der Waals surface area contributed by atoms with E-state index < -0.39 is 0 Å². The highest BCUT2D eigenvalue weighted by molar-refractivity contribution is 7.09. The van der Waals surface area contributed by atoms with Gasteiger partial charge in [0, 0.05) is 43.2 Å². The van der Waals surface area contributed by atoms with Gasteiger partial charge in [-0.05, 0) is 35.2 Å². The SMILES string of the molecule is c1ccc(-c2nc(N3CCCN(Cc4cccs4)CC3)no2)cc1. The maximum absolute atomic E-state index is 5.44. The van der Waals surface area contributed by atoms with Gasteiger partial charge in [0.1, 0.15) is 0 Å². The van der Waals surface area contributed by atoms with E-state index in [1.807, 2.05) is 41.7 Å². The van der Waals surface area contributed by atoms with Gasteiger partial charge in [-0.3, -0.25) is 4.90 Å². The van der Waals surface area contributed by atoms with Gasteiger partial charge in [-0.25, -0.2) is 0 Å².